The fourth-order valence-electron chi connectivity index (χ4n) is 1.91. The number of nitrogens with two attached hydrogens (primary N) is 1. The predicted octanol–water partition coefficient (Wildman–Crippen LogP) is 2.15. The number of sulfonamides is 1. The van der Waals surface area contributed by atoms with Gasteiger partial charge >= 0.3 is 0 Å². The molecule has 0 spiro atoms. The molecule has 0 aliphatic carbocycles. The molecule has 1 heterocycles. The first-order valence-corrected chi connectivity index (χ1v) is 8.20. The number of aromatic nitrogens is 1. The molecular weight excluding hydrogens is 310 g/mol. The van der Waals surface area contributed by atoms with Gasteiger partial charge in [-0.3, -0.25) is 4.98 Å². The first-order valence-electron chi connectivity index (χ1n) is 6.34. The Balaban J connectivity index is 2.10. The maximum Gasteiger partial charge on any atom is 0.240 e. The van der Waals surface area contributed by atoms with E-state index >= 15 is 0 Å². The Hall–Kier alpha value is -1.63. The van der Waals surface area contributed by atoms with Crippen molar-refractivity contribution in [1.82, 2.24) is 9.71 Å². The first kappa shape index (κ1) is 15.8. The molecule has 7 heteroatoms. The molecule has 0 aliphatic heterocycles. The lowest BCUT2D eigenvalue weighted by Crippen LogP contribution is -2.26. The molecule has 3 N–H and O–H groups in total. The van der Waals surface area contributed by atoms with E-state index in [0.717, 1.165) is 5.56 Å². The minimum Gasteiger partial charge on any atom is -0.397 e. The molecule has 1 aromatic carbocycles. The number of nitrogens with zero attached hydrogens (tertiary/aromatic N) is 1. The van der Waals surface area contributed by atoms with Crippen molar-refractivity contribution < 1.29 is 8.42 Å². The number of halogens is 1. The zero-order valence-corrected chi connectivity index (χ0v) is 13.1. The van der Waals surface area contributed by atoms with Crippen LogP contribution in [0, 0.1) is 6.92 Å². The van der Waals surface area contributed by atoms with Crippen molar-refractivity contribution >= 4 is 27.3 Å². The summed E-state index contributed by atoms with van der Waals surface area (Å²) in [6.45, 7) is 1.97. The van der Waals surface area contributed by atoms with Gasteiger partial charge in [0.2, 0.25) is 10.0 Å². The summed E-state index contributed by atoms with van der Waals surface area (Å²) in [5.74, 6) is 0. The normalized spacial score (nSPS) is 11.5. The quantitative estimate of drug-likeness (QED) is 0.825. The van der Waals surface area contributed by atoms with Gasteiger partial charge < -0.3 is 5.73 Å². The highest BCUT2D eigenvalue weighted by Crippen LogP contribution is 2.26. The summed E-state index contributed by atoms with van der Waals surface area (Å²) in [6.07, 6.45) is 3.95. The zero-order chi connectivity index (χ0) is 15.5. The van der Waals surface area contributed by atoms with Gasteiger partial charge in [0, 0.05) is 18.9 Å². The Morgan fingerprint density at radius 2 is 2.14 bits per heavy atom. The van der Waals surface area contributed by atoms with Crippen LogP contribution in [0.3, 0.4) is 0 Å². The Morgan fingerprint density at radius 1 is 1.38 bits per heavy atom. The standard InChI is InChI=1S/C14H16ClN3O2S/c1-10-7-12(15)13(16)8-14(10)21(19,20)18-6-4-11-3-2-5-17-9-11/h2-3,5,7-9,18H,4,6,16H2,1H3. The Labute approximate surface area is 129 Å². The monoisotopic (exact) mass is 325 g/mol. The Morgan fingerprint density at radius 3 is 2.81 bits per heavy atom. The average Bonchev–Trinajstić information content (AvgIpc) is 2.43. The molecule has 21 heavy (non-hydrogen) atoms. The summed E-state index contributed by atoms with van der Waals surface area (Å²) < 4.78 is 27.1. The molecule has 2 aromatic rings. The number of hydrogen-bond donors (Lipinski definition) is 2. The van der Waals surface area contributed by atoms with Crippen LogP contribution in [0.15, 0.2) is 41.6 Å². The van der Waals surface area contributed by atoms with E-state index < -0.39 is 10.0 Å². The predicted molar refractivity (Wildman–Crippen MR) is 83.7 cm³/mol. The topological polar surface area (TPSA) is 85.1 Å². The molecule has 0 radical (unpaired) electrons. The molecule has 0 bridgehead atoms. The molecule has 5 nitrogen and oxygen atoms in total. The molecule has 1 aromatic heterocycles. The van der Waals surface area contributed by atoms with Gasteiger partial charge in [-0.05, 0) is 42.7 Å². The van der Waals surface area contributed by atoms with Crippen molar-refractivity contribution in [2.45, 2.75) is 18.2 Å². The number of anilines is 1. The molecule has 0 aliphatic rings. The molecule has 112 valence electrons. The summed E-state index contributed by atoms with van der Waals surface area (Å²) in [5, 5.41) is 0.349. The summed E-state index contributed by atoms with van der Waals surface area (Å²) in [6, 6.07) is 6.64. The molecule has 2 rings (SSSR count). The molecule has 0 unspecified atom stereocenters. The number of aryl methyl sites for hydroxylation is 1. The van der Waals surface area contributed by atoms with Gasteiger partial charge in [0.1, 0.15) is 0 Å². The maximum atomic E-state index is 12.3. The van der Waals surface area contributed by atoms with Gasteiger partial charge in [0.15, 0.2) is 0 Å². The lowest BCUT2D eigenvalue weighted by Gasteiger charge is -2.11. The van der Waals surface area contributed by atoms with Crippen LogP contribution in [0.1, 0.15) is 11.1 Å². The van der Waals surface area contributed by atoms with Gasteiger partial charge in [0.05, 0.1) is 15.6 Å². The lowest BCUT2D eigenvalue weighted by molar-refractivity contribution is 0.581. The largest absolute Gasteiger partial charge is 0.397 e. The Bertz CT molecular complexity index is 733. The van der Waals surface area contributed by atoms with Crippen LogP contribution < -0.4 is 10.5 Å². The van der Waals surface area contributed by atoms with Gasteiger partial charge in [0.25, 0.3) is 0 Å². The van der Waals surface area contributed by atoms with Crippen molar-refractivity contribution in [1.29, 1.82) is 0 Å². The third-order valence-corrected chi connectivity index (χ3v) is 4.94. The van der Waals surface area contributed by atoms with E-state index in [1.54, 1.807) is 25.4 Å². The first-order chi connectivity index (χ1) is 9.90. The molecule has 0 atom stereocenters. The SMILES string of the molecule is Cc1cc(Cl)c(N)cc1S(=O)(=O)NCCc1cccnc1. The smallest absolute Gasteiger partial charge is 0.240 e. The van der Waals surface area contributed by atoms with Crippen molar-refractivity contribution in [3.8, 4) is 0 Å². The maximum absolute atomic E-state index is 12.3. The highest BCUT2D eigenvalue weighted by Gasteiger charge is 2.17. The van der Waals surface area contributed by atoms with Crippen molar-refractivity contribution in [2.75, 3.05) is 12.3 Å². The summed E-state index contributed by atoms with van der Waals surface area (Å²) >= 11 is 5.87. The molecule has 0 saturated heterocycles. The number of nitrogen functional groups attached to an aromatic ring is 1. The van der Waals surface area contributed by atoms with Crippen LogP contribution in [-0.4, -0.2) is 19.9 Å². The number of hydrogen-bond acceptors (Lipinski definition) is 4. The second-order valence-corrected chi connectivity index (χ2v) is 6.79. The summed E-state index contributed by atoms with van der Waals surface area (Å²) in [7, 11) is -3.61. The summed E-state index contributed by atoms with van der Waals surface area (Å²) in [4.78, 5) is 4.13. The number of benzene rings is 1. The Kier molecular flexibility index (Phi) is 4.82. The van der Waals surface area contributed by atoms with Gasteiger partial charge in [-0.1, -0.05) is 17.7 Å². The van der Waals surface area contributed by atoms with E-state index in [1.807, 2.05) is 12.1 Å². The van der Waals surface area contributed by atoms with E-state index in [0.29, 0.717) is 17.0 Å². The van der Waals surface area contributed by atoms with E-state index in [2.05, 4.69) is 9.71 Å². The zero-order valence-electron chi connectivity index (χ0n) is 11.5. The third kappa shape index (κ3) is 3.93. The van der Waals surface area contributed by atoms with Crippen molar-refractivity contribution in [3.05, 3.63) is 52.8 Å². The van der Waals surface area contributed by atoms with Crippen molar-refractivity contribution in [3.63, 3.8) is 0 Å². The fraction of sp³-hybridized carbons (Fsp3) is 0.214. The molecule has 0 saturated carbocycles. The number of pyridine rings is 1. The van der Waals surface area contributed by atoms with Gasteiger partial charge in [-0.25, -0.2) is 13.1 Å². The van der Waals surface area contributed by atoms with E-state index in [-0.39, 0.29) is 17.1 Å². The van der Waals surface area contributed by atoms with Gasteiger partial charge in [-0.2, -0.15) is 0 Å². The molecule has 0 amide bonds. The molecular formula is C14H16ClN3O2S. The van der Waals surface area contributed by atoms with E-state index in [9.17, 15) is 8.42 Å². The van der Waals surface area contributed by atoms with Crippen LogP contribution in [0.2, 0.25) is 5.02 Å². The molecule has 0 fully saturated rings. The average molecular weight is 326 g/mol. The highest BCUT2D eigenvalue weighted by atomic mass is 35.5. The van der Waals surface area contributed by atoms with Gasteiger partial charge in [-0.15, -0.1) is 0 Å². The minimum atomic E-state index is -3.61. The van der Waals surface area contributed by atoms with E-state index in [1.165, 1.54) is 6.07 Å². The van der Waals surface area contributed by atoms with E-state index in [4.69, 9.17) is 17.3 Å². The second-order valence-electron chi connectivity index (χ2n) is 4.65. The lowest BCUT2D eigenvalue weighted by atomic mass is 10.2. The van der Waals surface area contributed by atoms with Crippen LogP contribution in [0.25, 0.3) is 0 Å². The van der Waals surface area contributed by atoms with Crippen molar-refractivity contribution in [2.24, 2.45) is 0 Å². The second kappa shape index (κ2) is 6.43. The highest BCUT2D eigenvalue weighted by molar-refractivity contribution is 7.89. The minimum absolute atomic E-state index is 0.149. The van der Waals surface area contributed by atoms with Crippen LogP contribution in [0.5, 0.6) is 0 Å². The number of rotatable bonds is 5. The van der Waals surface area contributed by atoms with Crippen LogP contribution >= 0.6 is 11.6 Å². The van der Waals surface area contributed by atoms with Crippen LogP contribution in [-0.2, 0) is 16.4 Å². The third-order valence-electron chi connectivity index (χ3n) is 3.01. The van der Waals surface area contributed by atoms with Crippen LogP contribution in [0.4, 0.5) is 5.69 Å². The number of nitrogens with one attached hydrogen (secondary N) is 1. The fourth-order valence-corrected chi connectivity index (χ4v) is 3.42. The summed E-state index contributed by atoms with van der Waals surface area (Å²) in [5.41, 5.74) is 7.44.